The van der Waals surface area contributed by atoms with Crippen LogP contribution in [0.5, 0.6) is 11.5 Å². The number of rotatable bonds is 7. The molecule has 0 fully saturated rings. The van der Waals surface area contributed by atoms with E-state index in [1.807, 2.05) is 13.8 Å². The Morgan fingerprint density at radius 1 is 1.40 bits per heavy atom. The van der Waals surface area contributed by atoms with Gasteiger partial charge in [-0.05, 0) is 31.9 Å². The van der Waals surface area contributed by atoms with Crippen LogP contribution in [0.4, 0.5) is 5.69 Å². The highest BCUT2D eigenvalue weighted by molar-refractivity contribution is 5.93. The molecule has 0 spiro atoms. The molecule has 1 aromatic rings. The van der Waals surface area contributed by atoms with Gasteiger partial charge in [-0.25, -0.2) is 0 Å². The number of carbonyl (C=O) groups is 1. The van der Waals surface area contributed by atoms with Crippen molar-refractivity contribution in [3.05, 3.63) is 18.2 Å². The van der Waals surface area contributed by atoms with Crippen molar-refractivity contribution in [2.75, 3.05) is 12.4 Å². The van der Waals surface area contributed by atoms with E-state index in [9.17, 15) is 9.90 Å². The Kier molecular flexibility index (Phi) is 6.31. The maximum Gasteiger partial charge on any atom is 0.227 e. The smallest absolute Gasteiger partial charge is 0.227 e. The molecule has 0 aliphatic carbocycles. The van der Waals surface area contributed by atoms with E-state index in [-0.39, 0.29) is 23.6 Å². The quantitative estimate of drug-likeness (QED) is 0.670. The molecular formula is C15H24N2O3. The Bertz CT molecular complexity index is 447. The van der Waals surface area contributed by atoms with Gasteiger partial charge < -0.3 is 20.9 Å². The summed E-state index contributed by atoms with van der Waals surface area (Å²) < 4.78 is 4.99. The molecule has 1 amide bonds. The average Bonchev–Trinajstić information content (AvgIpc) is 2.40. The monoisotopic (exact) mass is 280 g/mol. The molecular weight excluding hydrogens is 256 g/mol. The van der Waals surface area contributed by atoms with Crippen molar-refractivity contribution in [1.82, 2.24) is 0 Å². The van der Waals surface area contributed by atoms with E-state index in [0.29, 0.717) is 11.4 Å². The largest absolute Gasteiger partial charge is 0.506 e. The lowest BCUT2D eigenvalue weighted by atomic mass is 10.0. The van der Waals surface area contributed by atoms with E-state index >= 15 is 0 Å². The zero-order chi connectivity index (χ0) is 15.1. The number of phenols is 1. The fraction of sp³-hybridized carbons (Fsp3) is 0.533. The molecule has 20 heavy (non-hydrogen) atoms. The van der Waals surface area contributed by atoms with E-state index in [4.69, 9.17) is 10.5 Å². The van der Waals surface area contributed by atoms with Crippen molar-refractivity contribution in [3.63, 3.8) is 0 Å². The average molecular weight is 280 g/mol. The van der Waals surface area contributed by atoms with Crippen LogP contribution in [0.1, 0.15) is 33.1 Å². The number of hydrogen-bond acceptors (Lipinski definition) is 4. The number of nitrogens with two attached hydrogens (primary N) is 1. The molecule has 5 nitrogen and oxygen atoms in total. The summed E-state index contributed by atoms with van der Waals surface area (Å²) >= 11 is 0. The maximum absolute atomic E-state index is 12.0. The van der Waals surface area contributed by atoms with Crippen molar-refractivity contribution in [2.45, 2.75) is 39.2 Å². The van der Waals surface area contributed by atoms with Crippen LogP contribution in [0.25, 0.3) is 0 Å². The molecule has 0 heterocycles. The number of methoxy groups -OCH3 is 1. The Morgan fingerprint density at radius 2 is 2.10 bits per heavy atom. The van der Waals surface area contributed by atoms with Crippen LogP contribution in [0.15, 0.2) is 18.2 Å². The predicted octanol–water partition coefficient (Wildman–Crippen LogP) is 2.49. The standard InChI is InChI=1S/C15H24N2O3/c1-10(5-4-6-11(2)16)15(19)17-13-8-7-12(20-3)9-14(13)18/h7-11,18H,4-6,16H2,1-3H3,(H,17,19). The topological polar surface area (TPSA) is 84.6 Å². The summed E-state index contributed by atoms with van der Waals surface area (Å²) in [4.78, 5) is 12.0. The SMILES string of the molecule is COc1ccc(NC(=O)C(C)CCCC(C)N)c(O)c1. The van der Waals surface area contributed by atoms with Gasteiger partial charge in [0.1, 0.15) is 11.5 Å². The molecule has 0 aromatic heterocycles. The first kappa shape index (κ1) is 16.3. The summed E-state index contributed by atoms with van der Waals surface area (Å²) in [5.74, 6) is 0.330. The summed E-state index contributed by atoms with van der Waals surface area (Å²) in [5.41, 5.74) is 6.08. The minimum absolute atomic E-state index is 0.000445. The number of ether oxygens (including phenoxy) is 1. The Hall–Kier alpha value is -1.75. The Balaban J connectivity index is 2.52. The molecule has 112 valence electrons. The van der Waals surface area contributed by atoms with Gasteiger partial charge in [0.15, 0.2) is 0 Å². The van der Waals surface area contributed by atoms with Crippen molar-refractivity contribution in [3.8, 4) is 11.5 Å². The number of phenolic OH excluding ortho intramolecular Hbond substituents is 1. The third kappa shape index (κ3) is 5.09. The lowest BCUT2D eigenvalue weighted by Gasteiger charge is -2.14. The van der Waals surface area contributed by atoms with E-state index in [1.54, 1.807) is 12.1 Å². The fourth-order valence-electron chi connectivity index (χ4n) is 1.88. The molecule has 1 aromatic carbocycles. The van der Waals surface area contributed by atoms with Gasteiger partial charge >= 0.3 is 0 Å². The molecule has 1 rings (SSSR count). The molecule has 0 radical (unpaired) electrons. The van der Waals surface area contributed by atoms with Crippen LogP contribution >= 0.6 is 0 Å². The van der Waals surface area contributed by atoms with Gasteiger partial charge in [-0.15, -0.1) is 0 Å². The molecule has 2 unspecified atom stereocenters. The summed E-state index contributed by atoms with van der Waals surface area (Å²) in [7, 11) is 1.52. The predicted molar refractivity (Wildman–Crippen MR) is 80.0 cm³/mol. The summed E-state index contributed by atoms with van der Waals surface area (Å²) in [6.07, 6.45) is 2.61. The highest BCUT2D eigenvalue weighted by atomic mass is 16.5. The van der Waals surface area contributed by atoms with Crippen molar-refractivity contribution < 1.29 is 14.6 Å². The van der Waals surface area contributed by atoms with Crippen molar-refractivity contribution >= 4 is 11.6 Å². The van der Waals surface area contributed by atoms with Gasteiger partial charge in [-0.3, -0.25) is 4.79 Å². The Morgan fingerprint density at radius 3 is 2.65 bits per heavy atom. The van der Waals surface area contributed by atoms with Crippen molar-refractivity contribution in [2.24, 2.45) is 11.7 Å². The first-order valence-electron chi connectivity index (χ1n) is 6.87. The van der Waals surface area contributed by atoms with E-state index in [2.05, 4.69) is 5.32 Å². The van der Waals surface area contributed by atoms with Crippen LogP contribution in [-0.2, 0) is 4.79 Å². The van der Waals surface area contributed by atoms with E-state index < -0.39 is 0 Å². The van der Waals surface area contributed by atoms with Gasteiger partial charge in [-0.2, -0.15) is 0 Å². The first-order valence-corrected chi connectivity index (χ1v) is 6.87. The number of anilines is 1. The van der Waals surface area contributed by atoms with Crippen LogP contribution in [-0.4, -0.2) is 24.2 Å². The van der Waals surface area contributed by atoms with Crippen LogP contribution < -0.4 is 15.8 Å². The third-order valence-corrected chi connectivity index (χ3v) is 3.21. The van der Waals surface area contributed by atoms with E-state index in [1.165, 1.54) is 13.2 Å². The summed E-state index contributed by atoms with van der Waals surface area (Å²) in [6, 6.07) is 4.95. The zero-order valence-corrected chi connectivity index (χ0v) is 12.3. The second-order valence-electron chi connectivity index (χ2n) is 5.18. The third-order valence-electron chi connectivity index (χ3n) is 3.21. The minimum atomic E-state index is -0.116. The molecule has 5 heteroatoms. The number of amides is 1. The number of hydrogen-bond donors (Lipinski definition) is 3. The highest BCUT2D eigenvalue weighted by Gasteiger charge is 2.14. The van der Waals surface area contributed by atoms with Crippen LogP contribution in [0.3, 0.4) is 0 Å². The molecule has 0 bridgehead atoms. The Labute approximate surface area is 120 Å². The minimum Gasteiger partial charge on any atom is -0.506 e. The number of benzene rings is 1. The van der Waals surface area contributed by atoms with Gasteiger partial charge in [-0.1, -0.05) is 13.3 Å². The van der Waals surface area contributed by atoms with Crippen molar-refractivity contribution in [1.29, 1.82) is 0 Å². The number of aromatic hydroxyl groups is 1. The molecule has 4 N–H and O–H groups in total. The lowest BCUT2D eigenvalue weighted by molar-refractivity contribution is -0.119. The number of nitrogens with one attached hydrogen (secondary N) is 1. The van der Waals surface area contributed by atoms with Gasteiger partial charge in [0.05, 0.1) is 12.8 Å². The van der Waals surface area contributed by atoms with Crippen LogP contribution in [0, 0.1) is 5.92 Å². The van der Waals surface area contributed by atoms with Gasteiger partial charge in [0.2, 0.25) is 5.91 Å². The normalized spacial score (nSPS) is 13.6. The summed E-state index contributed by atoms with van der Waals surface area (Å²) in [6.45, 7) is 3.83. The number of carbonyl (C=O) groups excluding carboxylic acids is 1. The maximum atomic E-state index is 12.0. The second-order valence-corrected chi connectivity index (χ2v) is 5.18. The molecule has 0 aliphatic rings. The molecule has 2 atom stereocenters. The zero-order valence-electron chi connectivity index (χ0n) is 12.3. The second kappa shape index (κ2) is 7.75. The molecule has 0 saturated heterocycles. The van der Waals surface area contributed by atoms with Crippen LogP contribution in [0.2, 0.25) is 0 Å². The first-order chi connectivity index (χ1) is 9.43. The highest BCUT2D eigenvalue weighted by Crippen LogP contribution is 2.28. The van der Waals surface area contributed by atoms with Gasteiger partial charge in [0, 0.05) is 18.0 Å². The fourth-order valence-corrected chi connectivity index (χ4v) is 1.88. The van der Waals surface area contributed by atoms with Gasteiger partial charge in [0.25, 0.3) is 0 Å². The summed E-state index contributed by atoms with van der Waals surface area (Å²) in [5, 5.41) is 12.5. The molecule has 0 saturated carbocycles. The lowest BCUT2D eigenvalue weighted by Crippen LogP contribution is -2.21. The van der Waals surface area contributed by atoms with E-state index in [0.717, 1.165) is 19.3 Å². The molecule has 0 aliphatic heterocycles.